The Bertz CT molecular complexity index is 402. The Kier molecular flexibility index (Phi) is 4.28. The van der Waals surface area contributed by atoms with E-state index in [0.29, 0.717) is 0 Å². The molecule has 0 radical (unpaired) electrons. The molecule has 0 amide bonds. The highest BCUT2D eigenvalue weighted by atomic mass is 16.5. The van der Waals surface area contributed by atoms with Crippen molar-refractivity contribution in [2.45, 2.75) is 57.4 Å². The molecule has 0 heterocycles. The van der Waals surface area contributed by atoms with Gasteiger partial charge in [0.1, 0.15) is 5.75 Å². The van der Waals surface area contributed by atoms with E-state index in [-0.39, 0.29) is 5.54 Å². The minimum absolute atomic E-state index is 0.113. The van der Waals surface area contributed by atoms with Gasteiger partial charge >= 0.3 is 0 Å². The van der Waals surface area contributed by atoms with Crippen molar-refractivity contribution in [1.29, 1.82) is 0 Å². The lowest BCUT2D eigenvalue weighted by Gasteiger charge is -2.26. The molecule has 1 aromatic carbocycles. The smallest absolute Gasteiger partial charge is 0.119 e. The summed E-state index contributed by atoms with van der Waals surface area (Å²) < 4.78 is 5.32. The number of methoxy groups -OCH3 is 1. The van der Waals surface area contributed by atoms with Crippen LogP contribution >= 0.6 is 0 Å². The Morgan fingerprint density at radius 3 is 2.83 bits per heavy atom. The van der Waals surface area contributed by atoms with Gasteiger partial charge in [-0.3, -0.25) is 0 Å². The molecule has 0 fully saturated rings. The van der Waals surface area contributed by atoms with Gasteiger partial charge in [-0.25, -0.2) is 0 Å². The summed E-state index contributed by atoms with van der Waals surface area (Å²) in [7, 11) is 1.72. The van der Waals surface area contributed by atoms with Crippen LogP contribution in [0.4, 0.5) is 0 Å². The molecule has 1 aliphatic carbocycles. The number of benzene rings is 1. The van der Waals surface area contributed by atoms with Gasteiger partial charge in [-0.05, 0) is 42.5 Å². The van der Waals surface area contributed by atoms with Gasteiger partial charge in [-0.2, -0.15) is 0 Å². The lowest BCUT2D eigenvalue weighted by molar-refractivity contribution is 0.380. The van der Waals surface area contributed by atoms with Crippen molar-refractivity contribution >= 4 is 0 Å². The maximum Gasteiger partial charge on any atom is 0.119 e. The second-order valence-electron chi connectivity index (χ2n) is 5.49. The third kappa shape index (κ3) is 2.69. The summed E-state index contributed by atoms with van der Waals surface area (Å²) in [6.07, 6.45) is 8.44. The molecular weight excluding hydrogens is 222 g/mol. The molecular formula is C16H25NO. The van der Waals surface area contributed by atoms with E-state index in [0.717, 1.165) is 25.0 Å². The monoisotopic (exact) mass is 247 g/mol. The van der Waals surface area contributed by atoms with Gasteiger partial charge in [0.2, 0.25) is 0 Å². The Labute approximate surface area is 111 Å². The molecule has 2 rings (SSSR count). The van der Waals surface area contributed by atoms with E-state index in [9.17, 15) is 0 Å². The molecule has 2 N–H and O–H groups in total. The van der Waals surface area contributed by atoms with Crippen LogP contribution in [0.5, 0.6) is 5.75 Å². The third-order valence-corrected chi connectivity index (χ3v) is 4.17. The second-order valence-corrected chi connectivity index (χ2v) is 5.49. The number of ether oxygens (including phenoxy) is 1. The molecule has 100 valence electrons. The fraction of sp³-hybridized carbons (Fsp3) is 0.625. The first-order valence-corrected chi connectivity index (χ1v) is 7.16. The fourth-order valence-corrected chi connectivity index (χ4v) is 2.98. The molecule has 1 unspecified atom stereocenters. The van der Waals surface area contributed by atoms with Gasteiger partial charge in [-0.15, -0.1) is 0 Å². The van der Waals surface area contributed by atoms with Crippen LogP contribution in [0.15, 0.2) is 18.2 Å². The number of aryl methyl sites for hydroxylation is 1. The Hall–Kier alpha value is -1.02. The van der Waals surface area contributed by atoms with Crippen LogP contribution in [0.2, 0.25) is 0 Å². The van der Waals surface area contributed by atoms with E-state index in [1.807, 2.05) is 6.07 Å². The number of hydrogen-bond acceptors (Lipinski definition) is 2. The Morgan fingerprint density at radius 1 is 1.28 bits per heavy atom. The van der Waals surface area contributed by atoms with E-state index in [1.54, 1.807) is 7.11 Å². The maximum absolute atomic E-state index is 6.62. The first-order valence-electron chi connectivity index (χ1n) is 7.16. The van der Waals surface area contributed by atoms with Gasteiger partial charge in [0.05, 0.1) is 7.11 Å². The number of nitrogens with two attached hydrogens (primary N) is 1. The van der Waals surface area contributed by atoms with Crippen LogP contribution in [0.25, 0.3) is 0 Å². The minimum atomic E-state index is -0.113. The zero-order valence-corrected chi connectivity index (χ0v) is 11.7. The normalized spacial score (nSPS) is 21.9. The van der Waals surface area contributed by atoms with E-state index in [2.05, 4.69) is 19.1 Å². The zero-order chi connectivity index (χ0) is 13.0. The summed E-state index contributed by atoms with van der Waals surface area (Å²) in [5.41, 5.74) is 9.24. The molecule has 1 atom stereocenters. The first-order chi connectivity index (χ1) is 8.69. The molecule has 0 aliphatic heterocycles. The molecule has 1 aromatic rings. The Balaban J connectivity index is 2.08. The lowest BCUT2D eigenvalue weighted by atomic mass is 9.87. The highest BCUT2D eigenvalue weighted by molar-refractivity contribution is 5.43. The number of hydrogen-bond donors (Lipinski definition) is 1. The Morgan fingerprint density at radius 2 is 2.11 bits per heavy atom. The van der Waals surface area contributed by atoms with Gasteiger partial charge in [0.25, 0.3) is 0 Å². The van der Waals surface area contributed by atoms with Crippen LogP contribution < -0.4 is 10.5 Å². The molecule has 0 bridgehead atoms. The molecule has 1 aliphatic rings. The molecule has 2 heteroatoms. The highest BCUT2D eigenvalue weighted by Crippen LogP contribution is 2.40. The summed E-state index contributed by atoms with van der Waals surface area (Å²) in [6, 6.07) is 6.36. The van der Waals surface area contributed by atoms with Crippen molar-refractivity contribution in [2.24, 2.45) is 5.73 Å². The lowest BCUT2D eigenvalue weighted by Crippen LogP contribution is -2.34. The maximum atomic E-state index is 6.62. The van der Waals surface area contributed by atoms with Crippen LogP contribution in [0.1, 0.15) is 56.6 Å². The zero-order valence-electron chi connectivity index (χ0n) is 11.7. The highest BCUT2D eigenvalue weighted by Gasteiger charge is 2.34. The summed E-state index contributed by atoms with van der Waals surface area (Å²) in [4.78, 5) is 0. The average Bonchev–Trinajstić information content (AvgIpc) is 2.72. The standard InChI is InChI=1S/C16H25NO/c1-3-4-5-6-10-16(17)11-9-13-7-8-14(18-2)12-15(13)16/h7-8,12H,3-6,9-11,17H2,1-2H3. The second kappa shape index (κ2) is 5.75. The number of unbranched alkanes of at least 4 members (excludes halogenated alkanes) is 3. The molecule has 0 saturated heterocycles. The van der Waals surface area contributed by atoms with Gasteiger partial charge in [0.15, 0.2) is 0 Å². The van der Waals surface area contributed by atoms with Crippen molar-refractivity contribution in [3.8, 4) is 5.75 Å². The van der Waals surface area contributed by atoms with Gasteiger partial charge in [0, 0.05) is 5.54 Å². The minimum Gasteiger partial charge on any atom is -0.497 e. The van der Waals surface area contributed by atoms with Crippen molar-refractivity contribution in [1.82, 2.24) is 0 Å². The average molecular weight is 247 g/mol. The first kappa shape index (κ1) is 13.4. The summed E-state index contributed by atoms with van der Waals surface area (Å²) >= 11 is 0. The molecule has 18 heavy (non-hydrogen) atoms. The van der Waals surface area contributed by atoms with Gasteiger partial charge < -0.3 is 10.5 Å². The van der Waals surface area contributed by atoms with Gasteiger partial charge in [-0.1, -0.05) is 38.7 Å². The SMILES string of the molecule is CCCCCCC1(N)CCc2ccc(OC)cc21. The number of fused-ring (bicyclic) bond motifs is 1. The van der Waals surface area contributed by atoms with Crippen LogP contribution in [0, 0.1) is 0 Å². The third-order valence-electron chi connectivity index (χ3n) is 4.17. The predicted molar refractivity (Wildman–Crippen MR) is 75.9 cm³/mol. The predicted octanol–water partition coefficient (Wildman–Crippen LogP) is 3.77. The topological polar surface area (TPSA) is 35.2 Å². The molecule has 0 saturated carbocycles. The van der Waals surface area contributed by atoms with Crippen LogP contribution in [0.3, 0.4) is 0 Å². The fourth-order valence-electron chi connectivity index (χ4n) is 2.98. The van der Waals surface area contributed by atoms with Crippen LogP contribution in [-0.4, -0.2) is 7.11 Å². The van der Waals surface area contributed by atoms with E-state index in [1.165, 1.54) is 36.8 Å². The van der Waals surface area contributed by atoms with E-state index >= 15 is 0 Å². The van der Waals surface area contributed by atoms with Crippen molar-refractivity contribution in [3.05, 3.63) is 29.3 Å². The van der Waals surface area contributed by atoms with Crippen molar-refractivity contribution in [2.75, 3.05) is 7.11 Å². The summed E-state index contributed by atoms with van der Waals surface area (Å²) in [5, 5.41) is 0. The largest absolute Gasteiger partial charge is 0.497 e. The molecule has 0 aromatic heterocycles. The quantitative estimate of drug-likeness (QED) is 0.777. The van der Waals surface area contributed by atoms with E-state index < -0.39 is 0 Å². The van der Waals surface area contributed by atoms with Crippen molar-refractivity contribution in [3.63, 3.8) is 0 Å². The summed E-state index contributed by atoms with van der Waals surface area (Å²) in [6.45, 7) is 2.24. The summed E-state index contributed by atoms with van der Waals surface area (Å²) in [5.74, 6) is 0.930. The number of rotatable bonds is 6. The van der Waals surface area contributed by atoms with Crippen molar-refractivity contribution < 1.29 is 4.74 Å². The van der Waals surface area contributed by atoms with Crippen LogP contribution in [-0.2, 0) is 12.0 Å². The molecule has 2 nitrogen and oxygen atoms in total. The van der Waals surface area contributed by atoms with E-state index in [4.69, 9.17) is 10.5 Å². The molecule has 0 spiro atoms.